The number of hydrogen-bond acceptors (Lipinski definition) is 7. The molecule has 27 heavy (non-hydrogen) atoms. The zero-order valence-corrected chi connectivity index (χ0v) is 16.1. The third-order valence-electron chi connectivity index (χ3n) is 5.48. The third-order valence-corrected chi connectivity index (χ3v) is 7.36. The van der Waals surface area contributed by atoms with Crippen molar-refractivity contribution < 1.29 is 8.42 Å². The Morgan fingerprint density at radius 1 is 1.07 bits per heavy atom. The number of fused-ring (bicyclic) bond motifs is 3. The Kier molecular flexibility index (Phi) is 3.38. The standard InChI is InChI=1S/C16H20N8O2S/c1-10-17-16(9-21(10)3)27(25,26)24-12-6-13(24)8-22(7-12)15-5-4-14-19-18-11(2)23(14)20-15/h4-5,9,12-13H,6-8H2,1-3H3. The summed E-state index contributed by atoms with van der Waals surface area (Å²) in [7, 11) is -1.77. The number of anilines is 1. The molecular weight excluding hydrogens is 368 g/mol. The molecule has 6 rings (SSSR count). The molecule has 3 fully saturated rings. The summed E-state index contributed by atoms with van der Waals surface area (Å²) in [4.78, 5) is 6.35. The van der Waals surface area contributed by atoms with Gasteiger partial charge in [0.1, 0.15) is 11.6 Å². The minimum Gasteiger partial charge on any atom is -0.352 e. The fourth-order valence-electron chi connectivity index (χ4n) is 3.97. The van der Waals surface area contributed by atoms with E-state index in [1.807, 2.05) is 19.1 Å². The van der Waals surface area contributed by atoms with Crippen LogP contribution < -0.4 is 4.90 Å². The monoisotopic (exact) mass is 388 g/mol. The number of aryl methyl sites for hydroxylation is 3. The molecule has 2 unspecified atom stereocenters. The van der Waals surface area contributed by atoms with Crippen molar-refractivity contribution in [1.82, 2.24) is 33.7 Å². The highest BCUT2D eigenvalue weighted by Gasteiger charge is 2.52. The van der Waals surface area contributed by atoms with Crippen LogP contribution in [0, 0.1) is 13.8 Å². The van der Waals surface area contributed by atoms with Gasteiger partial charge in [0.15, 0.2) is 16.5 Å². The average Bonchev–Trinajstić information content (AvgIpc) is 3.17. The van der Waals surface area contributed by atoms with Gasteiger partial charge in [-0.15, -0.1) is 15.3 Å². The van der Waals surface area contributed by atoms with Crippen LogP contribution in [-0.2, 0) is 17.1 Å². The number of imidazole rings is 1. The lowest BCUT2D eigenvalue weighted by molar-refractivity contribution is 0.0870. The van der Waals surface area contributed by atoms with E-state index in [0.717, 1.165) is 18.1 Å². The van der Waals surface area contributed by atoms with Crippen molar-refractivity contribution in [2.45, 2.75) is 37.4 Å². The first-order valence-electron chi connectivity index (χ1n) is 8.82. The molecular formula is C16H20N8O2S. The second-order valence-electron chi connectivity index (χ2n) is 7.23. The number of hydrogen-bond donors (Lipinski definition) is 0. The molecule has 0 aromatic carbocycles. The van der Waals surface area contributed by atoms with Crippen LogP contribution in [0.2, 0.25) is 0 Å². The summed E-state index contributed by atoms with van der Waals surface area (Å²) < 4.78 is 31.1. The van der Waals surface area contributed by atoms with E-state index < -0.39 is 10.0 Å². The highest BCUT2D eigenvalue weighted by molar-refractivity contribution is 7.89. The van der Waals surface area contributed by atoms with Gasteiger partial charge >= 0.3 is 0 Å². The van der Waals surface area contributed by atoms with Crippen LogP contribution in [0.3, 0.4) is 0 Å². The van der Waals surface area contributed by atoms with Crippen molar-refractivity contribution in [1.29, 1.82) is 0 Å². The normalized spacial score (nSPS) is 23.0. The zero-order valence-electron chi connectivity index (χ0n) is 15.3. The van der Waals surface area contributed by atoms with Gasteiger partial charge < -0.3 is 9.47 Å². The Labute approximate surface area is 156 Å². The summed E-state index contributed by atoms with van der Waals surface area (Å²) in [5, 5.41) is 12.8. The van der Waals surface area contributed by atoms with Crippen LogP contribution >= 0.6 is 0 Å². The van der Waals surface area contributed by atoms with Crippen molar-refractivity contribution in [2.24, 2.45) is 7.05 Å². The Morgan fingerprint density at radius 2 is 1.81 bits per heavy atom. The van der Waals surface area contributed by atoms with Crippen LogP contribution in [0.4, 0.5) is 5.82 Å². The van der Waals surface area contributed by atoms with Crippen LogP contribution in [0.25, 0.3) is 5.65 Å². The van der Waals surface area contributed by atoms with E-state index in [0.29, 0.717) is 24.6 Å². The summed E-state index contributed by atoms with van der Waals surface area (Å²) in [6, 6.07) is 3.68. The van der Waals surface area contributed by atoms with Gasteiger partial charge in [-0.05, 0) is 32.4 Å². The Bertz CT molecular complexity index is 1120. The minimum atomic E-state index is -3.57. The molecule has 3 saturated heterocycles. The molecule has 0 spiro atoms. The highest BCUT2D eigenvalue weighted by Crippen LogP contribution is 2.38. The number of piperidine rings is 1. The Balaban J connectivity index is 1.40. The highest BCUT2D eigenvalue weighted by atomic mass is 32.2. The second kappa shape index (κ2) is 5.49. The second-order valence-corrected chi connectivity index (χ2v) is 9.02. The van der Waals surface area contributed by atoms with Crippen LogP contribution in [0.1, 0.15) is 18.1 Å². The SMILES string of the molecule is Cc1nc(S(=O)(=O)N2C3CC2CN(c2ccc4nnc(C)n4n2)C3)cn1C. The molecule has 0 radical (unpaired) electrons. The van der Waals surface area contributed by atoms with E-state index in [9.17, 15) is 8.42 Å². The predicted octanol–water partition coefficient (Wildman–Crippen LogP) is 0.126. The predicted molar refractivity (Wildman–Crippen MR) is 96.9 cm³/mol. The maximum atomic E-state index is 13.0. The molecule has 142 valence electrons. The molecule has 3 aromatic rings. The van der Waals surface area contributed by atoms with Crippen LogP contribution in [0.15, 0.2) is 23.4 Å². The van der Waals surface area contributed by atoms with E-state index >= 15 is 0 Å². The molecule has 3 aromatic heterocycles. The molecule has 0 saturated carbocycles. The molecule has 11 heteroatoms. The summed E-state index contributed by atoms with van der Waals surface area (Å²) >= 11 is 0. The molecule has 2 atom stereocenters. The average molecular weight is 388 g/mol. The van der Waals surface area contributed by atoms with Gasteiger partial charge in [-0.1, -0.05) is 0 Å². The van der Waals surface area contributed by atoms with E-state index in [1.54, 1.807) is 33.6 Å². The third kappa shape index (κ3) is 2.38. The van der Waals surface area contributed by atoms with Crippen LogP contribution in [0.5, 0.6) is 0 Å². The number of sulfonamides is 1. The summed E-state index contributed by atoms with van der Waals surface area (Å²) in [6.07, 6.45) is 2.45. The number of nitrogens with zero attached hydrogens (tertiary/aromatic N) is 8. The van der Waals surface area contributed by atoms with Gasteiger partial charge in [-0.25, -0.2) is 13.4 Å². The molecule has 3 aliphatic heterocycles. The first kappa shape index (κ1) is 16.6. The number of aromatic nitrogens is 6. The largest absolute Gasteiger partial charge is 0.352 e. The lowest BCUT2D eigenvalue weighted by Crippen LogP contribution is -2.70. The van der Waals surface area contributed by atoms with E-state index in [2.05, 4.69) is 25.2 Å². The smallest absolute Gasteiger partial charge is 0.262 e. The number of rotatable bonds is 3. The topological polar surface area (TPSA) is 102 Å². The lowest BCUT2D eigenvalue weighted by Gasteiger charge is -2.54. The number of piperazine rings is 1. The van der Waals surface area contributed by atoms with Crippen molar-refractivity contribution >= 4 is 21.5 Å². The molecule has 10 nitrogen and oxygen atoms in total. The van der Waals surface area contributed by atoms with Crippen molar-refractivity contribution in [3.63, 3.8) is 0 Å². The molecule has 0 amide bonds. The zero-order chi connectivity index (χ0) is 18.9. The molecule has 3 aliphatic rings. The minimum absolute atomic E-state index is 0.0597. The Hall–Kier alpha value is -2.53. The summed E-state index contributed by atoms with van der Waals surface area (Å²) in [5.41, 5.74) is 0.702. The summed E-state index contributed by atoms with van der Waals surface area (Å²) in [6.45, 7) is 4.88. The van der Waals surface area contributed by atoms with Crippen molar-refractivity contribution in [3.8, 4) is 0 Å². The fourth-order valence-corrected chi connectivity index (χ4v) is 5.81. The van der Waals surface area contributed by atoms with Gasteiger partial charge in [-0.2, -0.15) is 8.82 Å². The quantitative estimate of drug-likeness (QED) is 0.628. The molecule has 0 aliphatic carbocycles. The van der Waals surface area contributed by atoms with E-state index in [-0.39, 0.29) is 17.1 Å². The van der Waals surface area contributed by atoms with Crippen molar-refractivity contribution in [2.75, 3.05) is 18.0 Å². The van der Waals surface area contributed by atoms with Crippen LogP contribution in [-0.4, -0.2) is 67.3 Å². The van der Waals surface area contributed by atoms with E-state index in [1.165, 1.54) is 0 Å². The van der Waals surface area contributed by atoms with Gasteiger partial charge in [0, 0.05) is 38.4 Å². The first-order chi connectivity index (χ1) is 12.8. The first-order valence-corrected chi connectivity index (χ1v) is 10.3. The van der Waals surface area contributed by atoms with Crippen molar-refractivity contribution in [3.05, 3.63) is 30.0 Å². The lowest BCUT2D eigenvalue weighted by atomic mass is 9.91. The molecule has 0 N–H and O–H groups in total. The maximum absolute atomic E-state index is 13.0. The van der Waals surface area contributed by atoms with Gasteiger partial charge in [0.2, 0.25) is 0 Å². The summed E-state index contributed by atoms with van der Waals surface area (Å²) in [5.74, 6) is 2.22. The van der Waals surface area contributed by atoms with E-state index in [4.69, 9.17) is 0 Å². The van der Waals surface area contributed by atoms with Gasteiger partial charge in [0.25, 0.3) is 10.0 Å². The molecule has 6 heterocycles. The van der Waals surface area contributed by atoms with Gasteiger partial charge in [0.05, 0.1) is 0 Å². The maximum Gasteiger partial charge on any atom is 0.262 e. The molecule has 2 bridgehead atoms. The van der Waals surface area contributed by atoms with Gasteiger partial charge in [-0.3, -0.25) is 0 Å². The fraction of sp³-hybridized carbons (Fsp3) is 0.500. The Morgan fingerprint density at radius 3 is 2.48 bits per heavy atom.